The van der Waals surface area contributed by atoms with Gasteiger partial charge in [-0.15, -0.1) is 0 Å². The highest BCUT2D eigenvalue weighted by Gasteiger charge is 2.43. The van der Waals surface area contributed by atoms with Crippen molar-refractivity contribution in [3.63, 3.8) is 0 Å². The monoisotopic (exact) mass is 582 g/mol. The van der Waals surface area contributed by atoms with Crippen molar-refractivity contribution >= 4 is 57.2 Å². The quantitative estimate of drug-likeness (QED) is 0.218. The Kier molecular flexibility index (Phi) is 7.24. The Hall–Kier alpha value is -1.88. The summed E-state index contributed by atoms with van der Waals surface area (Å²) >= 11 is 14.8. The second-order valence-corrected chi connectivity index (χ2v) is 9.43. The average molecular weight is 583 g/mol. The minimum absolute atomic E-state index is 0.0921. The molecule has 0 aliphatic carbocycles. The molecular formula is C23H24ClIN4O2S. The maximum atomic E-state index is 6.57. The lowest BCUT2D eigenvalue weighted by Crippen LogP contribution is -2.29. The molecule has 0 bridgehead atoms. The number of benzene rings is 1. The standard InChI is InChI=1S/C23H24ClIN4O2S/c1-13-19(20(25)14(2)27-13)22-21(17-6-4-5-9-26-17)28-23(32)29(22)15-7-8-18(16(24)12-15)31-11-10-30-3/h4-9,12,21-22,27H,10-11H2,1-3H3,(H,28,32)/t21-,22-/m0/s1. The molecule has 6 nitrogen and oxygen atoms in total. The van der Waals surface area contributed by atoms with Gasteiger partial charge in [0.15, 0.2) is 5.11 Å². The summed E-state index contributed by atoms with van der Waals surface area (Å²) in [5.74, 6) is 0.617. The normalized spacial score (nSPS) is 18.2. The van der Waals surface area contributed by atoms with Gasteiger partial charge in [0, 0.05) is 39.5 Å². The first-order valence-electron chi connectivity index (χ1n) is 10.2. The van der Waals surface area contributed by atoms with E-state index in [1.54, 1.807) is 7.11 Å². The Morgan fingerprint density at radius 3 is 2.62 bits per heavy atom. The first-order valence-corrected chi connectivity index (χ1v) is 12.1. The number of hydrogen-bond acceptors (Lipinski definition) is 4. The van der Waals surface area contributed by atoms with Crippen molar-refractivity contribution in [2.24, 2.45) is 0 Å². The van der Waals surface area contributed by atoms with Gasteiger partial charge >= 0.3 is 0 Å². The number of halogens is 2. The first-order chi connectivity index (χ1) is 15.4. The Labute approximate surface area is 211 Å². The van der Waals surface area contributed by atoms with Gasteiger partial charge in [0.05, 0.1) is 29.4 Å². The van der Waals surface area contributed by atoms with E-state index < -0.39 is 0 Å². The smallest absolute Gasteiger partial charge is 0.174 e. The lowest BCUT2D eigenvalue weighted by molar-refractivity contribution is 0.146. The van der Waals surface area contributed by atoms with Crippen LogP contribution in [0.25, 0.3) is 0 Å². The zero-order chi connectivity index (χ0) is 22.8. The number of rotatable bonds is 7. The van der Waals surface area contributed by atoms with E-state index >= 15 is 0 Å². The van der Waals surface area contributed by atoms with Crippen molar-refractivity contribution in [3.05, 3.63) is 73.8 Å². The molecule has 4 rings (SSSR count). The summed E-state index contributed by atoms with van der Waals surface area (Å²) in [5, 5.41) is 4.65. The van der Waals surface area contributed by atoms with E-state index in [0.717, 1.165) is 22.8 Å². The number of hydrogen-bond donors (Lipinski definition) is 2. The van der Waals surface area contributed by atoms with Crippen LogP contribution in [0.2, 0.25) is 5.02 Å². The van der Waals surface area contributed by atoms with Crippen molar-refractivity contribution in [2.45, 2.75) is 25.9 Å². The van der Waals surface area contributed by atoms with E-state index in [9.17, 15) is 0 Å². The summed E-state index contributed by atoms with van der Waals surface area (Å²) < 4.78 is 12.0. The molecule has 1 fully saturated rings. The van der Waals surface area contributed by atoms with Gasteiger partial charge in [-0.2, -0.15) is 0 Å². The number of aromatic nitrogens is 2. The topological polar surface area (TPSA) is 62.4 Å². The predicted octanol–water partition coefficient (Wildman–Crippen LogP) is 5.49. The maximum absolute atomic E-state index is 6.57. The fraction of sp³-hybridized carbons (Fsp3) is 0.304. The van der Waals surface area contributed by atoms with Gasteiger partial charge in [0.2, 0.25) is 0 Å². The molecule has 3 aromatic rings. The van der Waals surface area contributed by atoms with Crippen LogP contribution in [0.4, 0.5) is 5.69 Å². The molecule has 9 heteroatoms. The summed E-state index contributed by atoms with van der Waals surface area (Å²) in [6, 6.07) is 11.5. The van der Waals surface area contributed by atoms with E-state index in [4.69, 9.17) is 33.3 Å². The average Bonchev–Trinajstić information content (AvgIpc) is 3.24. The van der Waals surface area contributed by atoms with Crippen LogP contribution in [0.1, 0.15) is 34.7 Å². The molecule has 1 aromatic carbocycles. The predicted molar refractivity (Wildman–Crippen MR) is 140 cm³/mol. The maximum Gasteiger partial charge on any atom is 0.174 e. The highest BCUT2D eigenvalue weighted by Crippen LogP contribution is 2.45. The summed E-state index contributed by atoms with van der Waals surface area (Å²) in [5.41, 5.74) is 5.27. The zero-order valence-corrected chi connectivity index (χ0v) is 21.7. The van der Waals surface area contributed by atoms with Crippen molar-refractivity contribution in [3.8, 4) is 5.75 Å². The van der Waals surface area contributed by atoms with Crippen molar-refractivity contribution in [1.29, 1.82) is 0 Å². The molecule has 0 saturated carbocycles. The van der Waals surface area contributed by atoms with E-state index in [1.165, 1.54) is 9.13 Å². The molecule has 0 radical (unpaired) electrons. The molecule has 0 spiro atoms. The molecule has 0 amide bonds. The number of H-pyrrole nitrogens is 1. The lowest BCUT2D eigenvalue weighted by atomic mass is 9.96. The minimum atomic E-state index is -0.109. The number of aromatic amines is 1. The molecule has 168 valence electrons. The van der Waals surface area contributed by atoms with Crippen LogP contribution in [-0.4, -0.2) is 35.4 Å². The molecule has 2 aromatic heterocycles. The molecule has 0 unspecified atom stereocenters. The van der Waals surface area contributed by atoms with Crippen LogP contribution in [0.3, 0.4) is 0 Å². The fourth-order valence-electron chi connectivity index (χ4n) is 4.04. The van der Waals surface area contributed by atoms with Gasteiger partial charge < -0.3 is 24.7 Å². The molecule has 2 N–H and O–H groups in total. The highest BCUT2D eigenvalue weighted by atomic mass is 127. The summed E-state index contributed by atoms with van der Waals surface area (Å²) in [4.78, 5) is 10.2. The van der Waals surface area contributed by atoms with E-state index in [2.05, 4.69) is 56.6 Å². The second kappa shape index (κ2) is 9.94. The number of anilines is 1. The third-order valence-electron chi connectivity index (χ3n) is 5.48. The number of pyridine rings is 1. The number of aryl methyl sites for hydroxylation is 2. The number of nitrogens with one attached hydrogen (secondary N) is 2. The number of ether oxygens (including phenoxy) is 2. The van der Waals surface area contributed by atoms with Gasteiger partial charge in [0.1, 0.15) is 12.4 Å². The third kappa shape index (κ3) is 4.46. The van der Waals surface area contributed by atoms with Crippen LogP contribution in [-0.2, 0) is 4.74 Å². The SMILES string of the molecule is COCCOc1ccc(N2C(=S)N[C@@H](c3ccccn3)[C@@H]2c2c(C)[nH]c(C)c2I)cc1Cl. The van der Waals surface area contributed by atoms with Crippen molar-refractivity contribution < 1.29 is 9.47 Å². The summed E-state index contributed by atoms with van der Waals surface area (Å²) in [6.07, 6.45) is 1.81. The lowest BCUT2D eigenvalue weighted by Gasteiger charge is -2.29. The van der Waals surface area contributed by atoms with E-state index in [-0.39, 0.29) is 12.1 Å². The molecule has 2 atom stereocenters. The Balaban J connectivity index is 1.77. The van der Waals surface area contributed by atoms with E-state index in [1.807, 2.05) is 42.6 Å². The number of methoxy groups -OCH3 is 1. The molecule has 32 heavy (non-hydrogen) atoms. The van der Waals surface area contributed by atoms with Gasteiger partial charge in [-0.1, -0.05) is 17.7 Å². The van der Waals surface area contributed by atoms with Crippen LogP contribution < -0.4 is 15.0 Å². The highest BCUT2D eigenvalue weighted by molar-refractivity contribution is 14.1. The van der Waals surface area contributed by atoms with Gasteiger partial charge in [-0.3, -0.25) is 4.98 Å². The second-order valence-electron chi connectivity index (χ2n) is 7.56. The van der Waals surface area contributed by atoms with Crippen LogP contribution in [0, 0.1) is 17.4 Å². The van der Waals surface area contributed by atoms with Crippen LogP contribution in [0.5, 0.6) is 5.75 Å². The van der Waals surface area contributed by atoms with Crippen molar-refractivity contribution in [1.82, 2.24) is 15.3 Å². The summed E-state index contributed by atoms with van der Waals surface area (Å²) in [7, 11) is 1.64. The van der Waals surface area contributed by atoms with Gasteiger partial charge in [-0.25, -0.2) is 0 Å². The Morgan fingerprint density at radius 2 is 2.00 bits per heavy atom. The third-order valence-corrected chi connectivity index (χ3v) is 7.48. The zero-order valence-electron chi connectivity index (χ0n) is 18.0. The fourth-order valence-corrected chi connectivity index (χ4v) is 5.47. The number of nitrogens with zero attached hydrogens (tertiary/aromatic N) is 2. The van der Waals surface area contributed by atoms with Gasteiger partial charge in [0.25, 0.3) is 0 Å². The van der Waals surface area contributed by atoms with Gasteiger partial charge in [-0.05, 0) is 79.0 Å². The van der Waals surface area contributed by atoms with Crippen LogP contribution >= 0.6 is 46.4 Å². The molecule has 1 aliphatic rings. The first kappa shape index (κ1) is 23.3. The largest absolute Gasteiger partial charge is 0.490 e. The van der Waals surface area contributed by atoms with E-state index in [0.29, 0.717) is 29.1 Å². The van der Waals surface area contributed by atoms with Crippen LogP contribution in [0.15, 0.2) is 42.6 Å². The molecular weight excluding hydrogens is 559 g/mol. The van der Waals surface area contributed by atoms with Crippen molar-refractivity contribution in [2.75, 3.05) is 25.2 Å². The Bertz CT molecular complexity index is 1120. The minimum Gasteiger partial charge on any atom is -0.490 e. The molecule has 1 aliphatic heterocycles. The molecule has 1 saturated heterocycles. The number of thiocarbonyl (C=S) groups is 1. The molecule has 3 heterocycles. The summed E-state index contributed by atoms with van der Waals surface area (Å²) in [6.45, 7) is 5.11. The Morgan fingerprint density at radius 1 is 1.19 bits per heavy atom.